The number of aliphatic hydroxyl groups is 1. The normalized spacial score (nSPS) is 18.4. The lowest BCUT2D eigenvalue weighted by molar-refractivity contribution is -0.137. The molecule has 1 fully saturated rings. The number of halogens is 3. The van der Waals surface area contributed by atoms with Crippen LogP contribution < -0.4 is 10.9 Å². The monoisotopic (exact) mass is 456 g/mol. The van der Waals surface area contributed by atoms with E-state index in [2.05, 4.69) is 15.3 Å². The molecule has 1 aromatic carbocycles. The number of rotatable bonds is 4. The molecular weight excluding hydrogens is 437 g/mol. The van der Waals surface area contributed by atoms with E-state index in [1.54, 1.807) is 0 Å². The van der Waals surface area contributed by atoms with Crippen molar-refractivity contribution in [3.05, 3.63) is 52.7 Å². The van der Waals surface area contributed by atoms with Crippen LogP contribution in [0.4, 0.5) is 19.0 Å². The van der Waals surface area contributed by atoms with Gasteiger partial charge in [0.25, 0.3) is 5.56 Å². The highest BCUT2D eigenvalue weighted by molar-refractivity contribution is 8.25. The summed E-state index contributed by atoms with van der Waals surface area (Å²) in [6.07, 6.45) is -1.78. The van der Waals surface area contributed by atoms with Crippen molar-refractivity contribution in [2.45, 2.75) is 11.8 Å². The number of aromatic nitrogens is 3. The second-order valence-electron chi connectivity index (χ2n) is 7.65. The highest BCUT2D eigenvalue weighted by Crippen LogP contribution is 2.54. The van der Waals surface area contributed by atoms with Crippen molar-refractivity contribution in [2.75, 3.05) is 23.4 Å². The molecule has 0 unspecified atom stereocenters. The zero-order chi connectivity index (χ0) is 22.6. The predicted octanol–water partition coefficient (Wildman–Crippen LogP) is 2.92. The molecule has 1 aliphatic rings. The Morgan fingerprint density at radius 2 is 1.84 bits per heavy atom. The Morgan fingerprint density at radius 1 is 1.19 bits per heavy atom. The SMILES string of the molecule is Cn1cnc2c(-c3ccc(C(F)(F)F)cc3)cnc(NCC3(O)CS(O)(O)C3)c2c1=O. The molecule has 0 radical (unpaired) electrons. The fourth-order valence-corrected chi connectivity index (χ4v) is 5.40. The van der Waals surface area contributed by atoms with Crippen molar-refractivity contribution in [2.24, 2.45) is 7.05 Å². The maximum atomic E-state index is 12.9. The van der Waals surface area contributed by atoms with Crippen LogP contribution in [0.5, 0.6) is 0 Å². The first-order chi connectivity index (χ1) is 14.4. The van der Waals surface area contributed by atoms with Gasteiger partial charge in [0.1, 0.15) is 16.8 Å². The van der Waals surface area contributed by atoms with Crippen molar-refractivity contribution in [3.63, 3.8) is 0 Å². The number of anilines is 1. The van der Waals surface area contributed by atoms with E-state index >= 15 is 0 Å². The number of nitrogens with one attached hydrogen (secondary N) is 1. The van der Waals surface area contributed by atoms with Gasteiger partial charge in [0.05, 0.1) is 28.9 Å². The number of nitrogens with zero attached hydrogens (tertiary/aromatic N) is 3. The average Bonchev–Trinajstić information content (AvgIpc) is 2.66. The molecule has 3 aromatic rings. The van der Waals surface area contributed by atoms with Crippen LogP contribution in [0.25, 0.3) is 22.0 Å². The van der Waals surface area contributed by atoms with Crippen molar-refractivity contribution >= 4 is 27.3 Å². The van der Waals surface area contributed by atoms with Crippen molar-refractivity contribution in [3.8, 4) is 11.1 Å². The Labute approximate surface area is 175 Å². The number of aryl methyl sites for hydroxylation is 1. The molecule has 2 aromatic heterocycles. The van der Waals surface area contributed by atoms with Gasteiger partial charge in [-0.3, -0.25) is 13.9 Å². The molecule has 0 atom stereocenters. The van der Waals surface area contributed by atoms with Crippen molar-refractivity contribution in [1.29, 1.82) is 0 Å². The van der Waals surface area contributed by atoms with Crippen LogP contribution in [0.1, 0.15) is 5.56 Å². The van der Waals surface area contributed by atoms with Gasteiger partial charge in [-0.05, 0) is 17.7 Å². The Morgan fingerprint density at radius 3 is 2.42 bits per heavy atom. The second kappa shape index (κ2) is 7.19. The lowest BCUT2D eigenvalue weighted by Gasteiger charge is -2.52. The van der Waals surface area contributed by atoms with E-state index in [1.807, 2.05) is 0 Å². The first kappa shape index (κ1) is 21.6. The molecule has 31 heavy (non-hydrogen) atoms. The Bertz CT molecular complexity index is 1200. The van der Waals surface area contributed by atoms with Crippen LogP contribution in [0.15, 0.2) is 41.6 Å². The van der Waals surface area contributed by atoms with Crippen molar-refractivity contribution in [1.82, 2.24) is 14.5 Å². The van der Waals surface area contributed by atoms with Gasteiger partial charge in [-0.25, -0.2) is 9.97 Å². The van der Waals surface area contributed by atoms with Gasteiger partial charge in [0.2, 0.25) is 0 Å². The number of pyridine rings is 1. The zero-order valence-corrected chi connectivity index (χ0v) is 17.0. The Kier molecular flexibility index (Phi) is 5.00. The molecule has 0 spiro atoms. The fourth-order valence-electron chi connectivity index (χ4n) is 3.56. The molecule has 4 rings (SSSR count). The van der Waals surface area contributed by atoms with E-state index < -0.39 is 33.5 Å². The first-order valence-corrected chi connectivity index (χ1v) is 11.0. The number of hydrogen-bond acceptors (Lipinski definition) is 7. The smallest absolute Gasteiger partial charge is 0.385 e. The van der Waals surface area contributed by atoms with Crippen LogP contribution >= 0.6 is 10.6 Å². The fraction of sp³-hybridized carbons (Fsp3) is 0.316. The first-order valence-electron chi connectivity index (χ1n) is 9.10. The summed E-state index contributed by atoms with van der Waals surface area (Å²) in [6.45, 7) is -0.0668. The van der Waals surface area contributed by atoms with Crippen LogP contribution in [-0.2, 0) is 13.2 Å². The maximum absolute atomic E-state index is 12.9. The minimum atomic E-state index is -4.47. The average molecular weight is 456 g/mol. The molecule has 0 aliphatic carbocycles. The third-order valence-electron chi connectivity index (χ3n) is 5.05. The van der Waals surface area contributed by atoms with E-state index in [1.165, 1.54) is 36.3 Å². The van der Waals surface area contributed by atoms with Gasteiger partial charge in [-0.2, -0.15) is 23.8 Å². The summed E-state index contributed by atoms with van der Waals surface area (Å²) in [4.78, 5) is 21.3. The van der Waals surface area contributed by atoms with Crippen LogP contribution in [0.2, 0.25) is 0 Å². The molecule has 0 saturated carbocycles. The summed E-state index contributed by atoms with van der Waals surface area (Å²) in [7, 11) is -1.28. The van der Waals surface area contributed by atoms with Gasteiger partial charge < -0.3 is 15.0 Å². The largest absolute Gasteiger partial charge is 0.416 e. The standard InChI is InChI=1S/C19H19F3N4O4S/c1-26-10-25-15-13(11-2-4-12(5-3-11)19(20,21)22)6-23-16(14(15)17(26)27)24-7-18(28)8-31(29,30)9-18/h2-6,10,28-30H,7-9H2,1H3,(H,23,24). The summed E-state index contributed by atoms with van der Waals surface area (Å²) < 4.78 is 58.9. The minimum absolute atomic E-state index is 0.0668. The molecule has 1 aliphatic heterocycles. The number of alkyl halides is 3. The lowest BCUT2D eigenvalue weighted by atomic mass is 10.0. The number of benzene rings is 1. The number of fused-ring (bicyclic) bond motifs is 1. The van der Waals surface area contributed by atoms with Crippen molar-refractivity contribution < 1.29 is 27.4 Å². The molecular formula is C19H19F3N4O4S. The maximum Gasteiger partial charge on any atom is 0.416 e. The highest BCUT2D eigenvalue weighted by atomic mass is 32.3. The molecule has 1 saturated heterocycles. The molecule has 0 amide bonds. The summed E-state index contributed by atoms with van der Waals surface area (Å²) in [5.41, 5.74) is -1.54. The van der Waals surface area contributed by atoms with E-state index in [4.69, 9.17) is 0 Å². The number of hydrogen-bond donors (Lipinski definition) is 4. The molecule has 12 heteroatoms. The van der Waals surface area contributed by atoms with E-state index in [-0.39, 0.29) is 34.8 Å². The van der Waals surface area contributed by atoms with Crippen LogP contribution in [0, 0.1) is 0 Å². The van der Waals surface area contributed by atoms with Gasteiger partial charge in [-0.1, -0.05) is 12.1 Å². The van der Waals surface area contributed by atoms with Gasteiger partial charge in [0, 0.05) is 25.4 Å². The summed E-state index contributed by atoms with van der Waals surface area (Å²) >= 11 is 0. The summed E-state index contributed by atoms with van der Waals surface area (Å²) in [5, 5.41) is 13.3. The predicted molar refractivity (Wildman–Crippen MR) is 111 cm³/mol. The highest BCUT2D eigenvalue weighted by Gasteiger charge is 2.47. The van der Waals surface area contributed by atoms with Gasteiger partial charge in [-0.15, -0.1) is 0 Å². The summed E-state index contributed by atoms with van der Waals surface area (Å²) in [6, 6.07) is 4.46. The zero-order valence-electron chi connectivity index (χ0n) is 16.2. The van der Waals surface area contributed by atoms with Crippen LogP contribution in [-0.4, -0.2) is 52.4 Å². The third-order valence-corrected chi connectivity index (χ3v) is 7.05. The topological polar surface area (TPSA) is 120 Å². The lowest BCUT2D eigenvalue weighted by Crippen LogP contribution is -2.56. The second-order valence-corrected chi connectivity index (χ2v) is 9.83. The summed E-state index contributed by atoms with van der Waals surface area (Å²) in [5.74, 6) is -0.216. The van der Waals surface area contributed by atoms with E-state index in [0.717, 1.165) is 12.1 Å². The molecule has 0 bridgehead atoms. The molecule has 8 nitrogen and oxygen atoms in total. The molecule has 166 valence electrons. The van der Waals surface area contributed by atoms with Gasteiger partial charge in [0.15, 0.2) is 0 Å². The van der Waals surface area contributed by atoms with Crippen LogP contribution in [0.3, 0.4) is 0 Å². The van der Waals surface area contributed by atoms with E-state index in [0.29, 0.717) is 11.1 Å². The Hall–Kier alpha value is -2.67. The quantitative estimate of drug-likeness (QED) is 0.476. The molecule has 3 heterocycles. The Balaban J connectivity index is 1.74. The minimum Gasteiger partial charge on any atom is -0.385 e. The van der Waals surface area contributed by atoms with Gasteiger partial charge >= 0.3 is 6.18 Å². The van der Waals surface area contributed by atoms with E-state index in [9.17, 15) is 32.2 Å². The third kappa shape index (κ3) is 4.11. The molecule has 4 N–H and O–H groups in total.